The topological polar surface area (TPSA) is 84.7 Å². The van der Waals surface area contributed by atoms with E-state index < -0.39 is 11.8 Å². The van der Waals surface area contributed by atoms with E-state index in [2.05, 4.69) is 10.5 Å². The van der Waals surface area contributed by atoms with Crippen LogP contribution in [-0.4, -0.2) is 35.5 Å². The minimum atomic E-state index is -0.696. The smallest absolute Gasteiger partial charge is 0.315 e. The Morgan fingerprint density at radius 3 is 2.65 bits per heavy atom. The van der Waals surface area contributed by atoms with E-state index in [1.54, 1.807) is 25.0 Å². The predicted octanol–water partition coefficient (Wildman–Crippen LogP) is 3.07. The average molecular weight is 357 g/mol. The number of likely N-dealkylation sites (tertiary alicyclic amines) is 1. The highest BCUT2D eigenvalue weighted by Gasteiger charge is 2.31. The number of aromatic nitrogens is 1. The number of methoxy groups -OCH3 is 1. The number of amides is 2. The number of carbonyl (C=O) groups is 2. The van der Waals surface area contributed by atoms with Crippen LogP contribution in [0.1, 0.15) is 43.0 Å². The van der Waals surface area contributed by atoms with E-state index in [4.69, 9.17) is 9.26 Å². The third-order valence-corrected chi connectivity index (χ3v) is 4.58. The molecule has 1 aromatic heterocycles. The zero-order valence-electron chi connectivity index (χ0n) is 15.0. The minimum absolute atomic E-state index is 0.124. The molecule has 0 spiro atoms. The summed E-state index contributed by atoms with van der Waals surface area (Å²) in [5.74, 6) is 0.335. The SMILES string of the molecule is COc1ccc([C@H]2CCCCCN2C(=O)C(=O)Nc2cc(C)on2)cc1. The molecule has 1 aromatic carbocycles. The highest BCUT2D eigenvalue weighted by molar-refractivity contribution is 6.39. The van der Waals surface area contributed by atoms with Gasteiger partial charge in [-0.3, -0.25) is 14.9 Å². The van der Waals surface area contributed by atoms with Crippen molar-refractivity contribution in [3.05, 3.63) is 41.7 Å². The molecule has 1 N–H and O–H groups in total. The molecular formula is C19H23N3O4. The van der Waals surface area contributed by atoms with Crippen molar-refractivity contribution in [1.82, 2.24) is 10.1 Å². The Kier molecular flexibility index (Phi) is 5.55. The maximum Gasteiger partial charge on any atom is 0.315 e. The van der Waals surface area contributed by atoms with Gasteiger partial charge >= 0.3 is 11.8 Å². The lowest BCUT2D eigenvalue weighted by atomic mass is 10.0. The predicted molar refractivity (Wildman–Crippen MR) is 95.8 cm³/mol. The monoisotopic (exact) mass is 357 g/mol. The number of hydrogen-bond donors (Lipinski definition) is 1. The molecule has 1 aliphatic heterocycles. The van der Waals surface area contributed by atoms with Crippen molar-refractivity contribution in [1.29, 1.82) is 0 Å². The van der Waals surface area contributed by atoms with Gasteiger partial charge in [0.2, 0.25) is 0 Å². The zero-order valence-corrected chi connectivity index (χ0v) is 15.0. The second kappa shape index (κ2) is 8.03. The molecule has 1 aliphatic rings. The fraction of sp³-hybridized carbons (Fsp3) is 0.421. The van der Waals surface area contributed by atoms with Crippen molar-refractivity contribution < 1.29 is 18.8 Å². The first-order chi connectivity index (χ1) is 12.6. The Morgan fingerprint density at radius 1 is 1.23 bits per heavy atom. The minimum Gasteiger partial charge on any atom is -0.497 e. The number of nitrogens with one attached hydrogen (secondary N) is 1. The molecule has 1 fully saturated rings. The van der Waals surface area contributed by atoms with Gasteiger partial charge in [0.05, 0.1) is 13.2 Å². The first-order valence-corrected chi connectivity index (χ1v) is 8.77. The third-order valence-electron chi connectivity index (χ3n) is 4.58. The lowest BCUT2D eigenvalue weighted by Crippen LogP contribution is -2.42. The summed E-state index contributed by atoms with van der Waals surface area (Å²) in [6.07, 6.45) is 3.77. The van der Waals surface area contributed by atoms with Crippen molar-refractivity contribution in [2.45, 2.75) is 38.6 Å². The highest BCUT2D eigenvalue weighted by Crippen LogP contribution is 2.31. The van der Waals surface area contributed by atoms with Crippen LogP contribution in [-0.2, 0) is 9.59 Å². The van der Waals surface area contributed by atoms with Crippen LogP contribution in [0.3, 0.4) is 0 Å². The Balaban J connectivity index is 1.78. The Morgan fingerprint density at radius 2 is 2.00 bits per heavy atom. The molecule has 0 aliphatic carbocycles. The van der Waals surface area contributed by atoms with Gasteiger partial charge in [-0.15, -0.1) is 0 Å². The van der Waals surface area contributed by atoms with Crippen LogP contribution in [0, 0.1) is 6.92 Å². The van der Waals surface area contributed by atoms with Crippen LogP contribution in [0.4, 0.5) is 5.82 Å². The molecule has 1 saturated heterocycles. The van der Waals surface area contributed by atoms with Gasteiger partial charge in [0.1, 0.15) is 11.5 Å². The molecule has 26 heavy (non-hydrogen) atoms. The third kappa shape index (κ3) is 4.04. The normalized spacial score (nSPS) is 17.5. The average Bonchev–Trinajstić information content (AvgIpc) is 2.92. The number of anilines is 1. The standard InChI is InChI=1S/C19H23N3O4/c1-13-12-17(21-26-13)20-18(23)19(24)22-11-5-3-4-6-16(22)14-7-9-15(25-2)10-8-14/h7-10,12,16H,3-6,11H2,1-2H3,(H,20,21,23)/t16-/m1/s1. The summed E-state index contributed by atoms with van der Waals surface area (Å²) >= 11 is 0. The van der Waals surface area contributed by atoms with Gasteiger partial charge in [-0.05, 0) is 37.5 Å². The lowest BCUT2D eigenvalue weighted by Gasteiger charge is -2.30. The zero-order chi connectivity index (χ0) is 18.5. The van der Waals surface area contributed by atoms with Crippen molar-refractivity contribution in [2.75, 3.05) is 19.0 Å². The summed E-state index contributed by atoms with van der Waals surface area (Å²) in [5.41, 5.74) is 1.01. The quantitative estimate of drug-likeness (QED) is 0.854. The van der Waals surface area contributed by atoms with Crippen molar-refractivity contribution in [3.63, 3.8) is 0 Å². The van der Waals surface area contributed by atoms with Crippen LogP contribution < -0.4 is 10.1 Å². The van der Waals surface area contributed by atoms with E-state index in [9.17, 15) is 9.59 Å². The Hall–Kier alpha value is -2.83. The number of hydrogen-bond acceptors (Lipinski definition) is 5. The summed E-state index contributed by atoms with van der Waals surface area (Å²) in [7, 11) is 1.62. The van der Waals surface area contributed by atoms with E-state index in [0.29, 0.717) is 12.3 Å². The number of carbonyl (C=O) groups excluding carboxylic acids is 2. The van der Waals surface area contributed by atoms with Crippen LogP contribution in [0.2, 0.25) is 0 Å². The summed E-state index contributed by atoms with van der Waals surface area (Å²) in [6.45, 7) is 2.28. The highest BCUT2D eigenvalue weighted by atomic mass is 16.5. The summed E-state index contributed by atoms with van der Waals surface area (Å²) < 4.78 is 10.1. The van der Waals surface area contributed by atoms with Crippen LogP contribution in [0.5, 0.6) is 5.75 Å². The molecule has 0 unspecified atom stereocenters. The second-order valence-corrected chi connectivity index (χ2v) is 6.41. The van der Waals surface area contributed by atoms with Gasteiger partial charge in [0, 0.05) is 12.6 Å². The number of benzene rings is 1. The van der Waals surface area contributed by atoms with Crippen LogP contribution >= 0.6 is 0 Å². The fourth-order valence-electron chi connectivity index (χ4n) is 3.25. The first-order valence-electron chi connectivity index (χ1n) is 8.77. The number of nitrogens with zero attached hydrogens (tertiary/aromatic N) is 2. The maximum absolute atomic E-state index is 12.8. The molecule has 3 rings (SSSR count). The molecule has 7 nitrogen and oxygen atoms in total. The molecule has 2 heterocycles. The number of ether oxygens (including phenoxy) is 1. The molecule has 0 bridgehead atoms. The van der Waals surface area contributed by atoms with Crippen LogP contribution in [0.15, 0.2) is 34.9 Å². The Bertz CT molecular complexity index is 769. The van der Waals surface area contributed by atoms with E-state index in [1.807, 2.05) is 24.3 Å². The molecule has 1 atom stereocenters. The van der Waals surface area contributed by atoms with Gasteiger partial charge in [-0.2, -0.15) is 0 Å². The molecule has 2 amide bonds. The van der Waals surface area contributed by atoms with E-state index >= 15 is 0 Å². The largest absolute Gasteiger partial charge is 0.497 e. The molecule has 7 heteroatoms. The van der Waals surface area contributed by atoms with Crippen molar-refractivity contribution in [3.8, 4) is 5.75 Å². The first kappa shape index (κ1) is 18.0. The summed E-state index contributed by atoms with van der Waals surface area (Å²) in [5, 5.41) is 6.22. The second-order valence-electron chi connectivity index (χ2n) is 6.41. The Labute approximate surface area is 152 Å². The molecule has 0 radical (unpaired) electrons. The van der Waals surface area contributed by atoms with Gasteiger partial charge in [-0.1, -0.05) is 30.1 Å². The van der Waals surface area contributed by atoms with Crippen molar-refractivity contribution >= 4 is 17.6 Å². The van der Waals surface area contributed by atoms with Gasteiger partial charge in [0.15, 0.2) is 5.82 Å². The van der Waals surface area contributed by atoms with Gasteiger partial charge in [-0.25, -0.2) is 0 Å². The molecule has 0 saturated carbocycles. The van der Waals surface area contributed by atoms with E-state index in [1.165, 1.54) is 0 Å². The number of rotatable bonds is 3. The van der Waals surface area contributed by atoms with E-state index in [-0.39, 0.29) is 11.9 Å². The molecular weight excluding hydrogens is 334 g/mol. The van der Waals surface area contributed by atoms with Gasteiger partial charge < -0.3 is 14.2 Å². The summed E-state index contributed by atoms with van der Waals surface area (Å²) in [4.78, 5) is 26.9. The van der Waals surface area contributed by atoms with Gasteiger partial charge in [0.25, 0.3) is 0 Å². The van der Waals surface area contributed by atoms with E-state index in [0.717, 1.165) is 37.0 Å². The van der Waals surface area contributed by atoms with Crippen molar-refractivity contribution in [2.24, 2.45) is 0 Å². The lowest BCUT2D eigenvalue weighted by molar-refractivity contribution is -0.144. The van der Waals surface area contributed by atoms with Crippen LogP contribution in [0.25, 0.3) is 0 Å². The molecule has 138 valence electrons. The maximum atomic E-state index is 12.8. The molecule has 2 aromatic rings. The number of aryl methyl sites for hydroxylation is 1. The fourth-order valence-corrected chi connectivity index (χ4v) is 3.25. The summed E-state index contributed by atoms with van der Waals surface area (Å²) in [6, 6.07) is 9.11.